The van der Waals surface area contributed by atoms with Crippen molar-refractivity contribution in [1.29, 1.82) is 0 Å². The first-order valence-corrected chi connectivity index (χ1v) is 6.68. The molecule has 1 aliphatic heterocycles. The molecule has 2 N–H and O–H groups in total. The molecule has 0 saturated carbocycles. The van der Waals surface area contributed by atoms with Gasteiger partial charge in [0.2, 0.25) is 0 Å². The molecule has 98 valence electrons. The number of hydrogen-bond acceptors (Lipinski definition) is 3. The maximum absolute atomic E-state index is 6.32. The largest absolute Gasteiger partial charge is 0.372 e. The Kier molecular flexibility index (Phi) is 3.25. The molecule has 1 aromatic heterocycles. The van der Waals surface area contributed by atoms with Gasteiger partial charge >= 0.3 is 0 Å². The maximum Gasteiger partial charge on any atom is 0.101 e. The summed E-state index contributed by atoms with van der Waals surface area (Å²) in [6.07, 6.45) is 4.49. The third kappa shape index (κ3) is 2.36. The van der Waals surface area contributed by atoms with E-state index in [1.807, 2.05) is 12.3 Å². The van der Waals surface area contributed by atoms with Crippen LogP contribution in [0.2, 0.25) is 5.02 Å². The molecular weight excluding hydrogens is 260 g/mol. The van der Waals surface area contributed by atoms with E-state index < -0.39 is 0 Å². The van der Waals surface area contributed by atoms with Crippen LogP contribution in [0.15, 0.2) is 29.5 Å². The predicted molar refractivity (Wildman–Crippen MR) is 77.8 cm³/mol. The number of H-pyrrole nitrogens is 1. The van der Waals surface area contributed by atoms with Gasteiger partial charge in [0.15, 0.2) is 0 Å². The minimum absolute atomic E-state index is 0.754. The van der Waals surface area contributed by atoms with Gasteiger partial charge in [-0.1, -0.05) is 17.7 Å². The molecule has 3 rings (SSSR count). The zero-order valence-corrected chi connectivity index (χ0v) is 11.5. The van der Waals surface area contributed by atoms with Crippen LogP contribution >= 0.6 is 11.6 Å². The highest BCUT2D eigenvalue weighted by Crippen LogP contribution is 2.32. The van der Waals surface area contributed by atoms with Gasteiger partial charge in [-0.2, -0.15) is 5.10 Å². The summed E-state index contributed by atoms with van der Waals surface area (Å²) in [6, 6.07) is 4.02. The zero-order chi connectivity index (χ0) is 13.2. The van der Waals surface area contributed by atoms with Crippen LogP contribution in [0, 0.1) is 6.92 Å². The molecule has 5 heteroatoms. The molecule has 1 aliphatic rings. The number of halogens is 1. The van der Waals surface area contributed by atoms with E-state index >= 15 is 0 Å². The van der Waals surface area contributed by atoms with Crippen LogP contribution in [-0.2, 0) is 6.42 Å². The molecule has 0 atom stereocenters. The van der Waals surface area contributed by atoms with Gasteiger partial charge in [-0.15, -0.1) is 0 Å². The molecule has 0 saturated heterocycles. The second-order valence-electron chi connectivity index (χ2n) is 4.63. The monoisotopic (exact) mass is 274 g/mol. The molecule has 0 fully saturated rings. The summed E-state index contributed by atoms with van der Waals surface area (Å²) in [5.41, 5.74) is 4.50. The fraction of sp³-hybridized carbons (Fsp3) is 0.286. The van der Waals surface area contributed by atoms with Gasteiger partial charge in [0, 0.05) is 35.3 Å². The maximum atomic E-state index is 6.32. The lowest BCUT2D eigenvalue weighted by Crippen LogP contribution is -2.21. The van der Waals surface area contributed by atoms with Crippen molar-refractivity contribution in [2.24, 2.45) is 4.99 Å². The summed E-state index contributed by atoms with van der Waals surface area (Å²) in [4.78, 5) is 4.44. The highest BCUT2D eigenvalue weighted by atomic mass is 35.5. The molecule has 0 radical (unpaired) electrons. The zero-order valence-electron chi connectivity index (χ0n) is 10.7. The van der Waals surface area contributed by atoms with Crippen LogP contribution < -0.4 is 5.32 Å². The standard InChI is InChI=1S/C14H15ClN4/c1-9-10(6-13-16-4-5-17-13)2-3-12(15)14(9)11-7-18-19-8-11/h2-3,7-8H,4-6H2,1H3,(H,16,17)(H,18,19). The number of aromatic nitrogens is 2. The minimum atomic E-state index is 0.754. The van der Waals surface area contributed by atoms with Crippen LogP contribution in [-0.4, -0.2) is 29.1 Å². The van der Waals surface area contributed by atoms with E-state index in [1.54, 1.807) is 6.20 Å². The van der Waals surface area contributed by atoms with Crippen molar-refractivity contribution in [3.63, 3.8) is 0 Å². The number of nitrogens with one attached hydrogen (secondary N) is 2. The summed E-state index contributed by atoms with van der Waals surface area (Å²) in [5.74, 6) is 1.06. The molecule has 2 aromatic rings. The third-order valence-electron chi connectivity index (χ3n) is 3.41. The fourth-order valence-corrected chi connectivity index (χ4v) is 2.71. The first kappa shape index (κ1) is 12.2. The Morgan fingerprint density at radius 3 is 2.95 bits per heavy atom. The fourth-order valence-electron chi connectivity index (χ4n) is 2.40. The Bertz CT molecular complexity index is 617. The van der Waals surface area contributed by atoms with Crippen LogP contribution in [0.3, 0.4) is 0 Å². The quantitative estimate of drug-likeness (QED) is 0.904. The molecular formula is C14H15ClN4. The lowest BCUT2D eigenvalue weighted by atomic mass is 9.96. The topological polar surface area (TPSA) is 53.1 Å². The van der Waals surface area contributed by atoms with Crippen molar-refractivity contribution >= 4 is 17.4 Å². The molecule has 0 aliphatic carbocycles. The van der Waals surface area contributed by atoms with Gasteiger partial charge in [0.1, 0.15) is 5.84 Å². The number of benzene rings is 1. The van der Waals surface area contributed by atoms with Gasteiger partial charge < -0.3 is 5.32 Å². The highest BCUT2D eigenvalue weighted by molar-refractivity contribution is 6.33. The molecule has 0 unspecified atom stereocenters. The van der Waals surface area contributed by atoms with Crippen molar-refractivity contribution in [3.8, 4) is 11.1 Å². The van der Waals surface area contributed by atoms with Crippen LogP contribution in [0.25, 0.3) is 11.1 Å². The Morgan fingerprint density at radius 2 is 2.26 bits per heavy atom. The molecule has 4 nitrogen and oxygen atoms in total. The summed E-state index contributed by atoms with van der Waals surface area (Å²) in [6.45, 7) is 3.91. The summed E-state index contributed by atoms with van der Waals surface area (Å²) < 4.78 is 0. The van der Waals surface area contributed by atoms with Gasteiger partial charge in [-0.3, -0.25) is 10.1 Å². The SMILES string of the molecule is Cc1c(CC2=NCCN2)ccc(Cl)c1-c1cn[nH]c1. The predicted octanol–water partition coefficient (Wildman–Crippen LogP) is 2.58. The van der Waals surface area contributed by atoms with Crippen LogP contribution in [0.1, 0.15) is 11.1 Å². The van der Waals surface area contributed by atoms with Crippen molar-refractivity contribution < 1.29 is 0 Å². The van der Waals surface area contributed by atoms with Crippen molar-refractivity contribution in [2.45, 2.75) is 13.3 Å². The number of nitrogens with zero attached hydrogens (tertiary/aromatic N) is 2. The number of amidine groups is 1. The average Bonchev–Trinajstić information content (AvgIpc) is 3.06. The summed E-state index contributed by atoms with van der Waals surface area (Å²) >= 11 is 6.32. The molecule has 1 aromatic carbocycles. The number of aliphatic imine (C=N–C) groups is 1. The van der Waals surface area contributed by atoms with Gasteiger partial charge in [-0.05, 0) is 24.1 Å². The Balaban J connectivity index is 2.00. The average molecular weight is 275 g/mol. The lowest BCUT2D eigenvalue weighted by molar-refractivity contribution is 0.953. The number of rotatable bonds is 3. The first-order chi connectivity index (χ1) is 9.25. The van der Waals surface area contributed by atoms with Crippen molar-refractivity contribution in [1.82, 2.24) is 15.5 Å². The summed E-state index contributed by atoms with van der Waals surface area (Å²) in [5, 5.41) is 10.9. The van der Waals surface area contributed by atoms with E-state index in [0.717, 1.165) is 41.5 Å². The molecule has 19 heavy (non-hydrogen) atoms. The van der Waals surface area contributed by atoms with E-state index in [-0.39, 0.29) is 0 Å². The third-order valence-corrected chi connectivity index (χ3v) is 3.73. The Morgan fingerprint density at radius 1 is 1.37 bits per heavy atom. The van der Waals surface area contributed by atoms with Crippen molar-refractivity contribution in [2.75, 3.05) is 13.1 Å². The van der Waals surface area contributed by atoms with Crippen LogP contribution in [0.5, 0.6) is 0 Å². The van der Waals surface area contributed by atoms with E-state index in [9.17, 15) is 0 Å². The second kappa shape index (κ2) is 5.05. The van der Waals surface area contributed by atoms with E-state index in [2.05, 4.69) is 33.5 Å². The highest BCUT2D eigenvalue weighted by Gasteiger charge is 2.14. The Hall–Kier alpha value is -1.81. The van der Waals surface area contributed by atoms with E-state index in [1.165, 1.54) is 11.1 Å². The van der Waals surface area contributed by atoms with Gasteiger partial charge in [-0.25, -0.2) is 0 Å². The Labute approximate surface area is 116 Å². The van der Waals surface area contributed by atoms with Crippen molar-refractivity contribution in [3.05, 3.63) is 40.7 Å². The number of aromatic amines is 1. The number of hydrogen-bond donors (Lipinski definition) is 2. The molecule has 0 bridgehead atoms. The summed E-state index contributed by atoms with van der Waals surface area (Å²) in [7, 11) is 0. The minimum Gasteiger partial charge on any atom is -0.372 e. The molecule has 0 spiro atoms. The smallest absolute Gasteiger partial charge is 0.101 e. The first-order valence-electron chi connectivity index (χ1n) is 6.30. The molecule has 2 heterocycles. The lowest BCUT2D eigenvalue weighted by Gasteiger charge is -2.12. The second-order valence-corrected chi connectivity index (χ2v) is 5.03. The van der Waals surface area contributed by atoms with E-state index in [0.29, 0.717) is 0 Å². The molecule has 0 amide bonds. The van der Waals surface area contributed by atoms with Gasteiger partial charge in [0.05, 0.1) is 12.7 Å². The van der Waals surface area contributed by atoms with Crippen LogP contribution in [0.4, 0.5) is 0 Å². The van der Waals surface area contributed by atoms with E-state index in [4.69, 9.17) is 11.6 Å². The normalized spacial score (nSPS) is 14.3. The van der Waals surface area contributed by atoms with Gasteiger partial charge in [0.25, 0.3) is 0 Å².